The largest absolute Gasteiger partial charge is 0.478 e. The summed E-state index contributed by atoms with van der Waals surface area (Å²) in [5.74, 6) is -0.464. The van der Waals surface area contributed by atoms with Gasteiger partial charge in [-0.3, -0.25) is 9.36 Å². The third-order valence-electron chi connectivity index (χ3n) is 4.21. The van der Waals surface area contributed by atoms with Crippen molar-refractivity contribution in [2.45, 2.75) is 5.16 Å². The SMILES string of the molecule is O=C(CSc1nnc(-c2cccs2)n1-c1ccc(Cl)cc1)Nc1ccc(C(=O)O)cc1. The highest BCUT2D eigenvalue weighted by Gasteiger charge is 2.18. The van der Waals surface area contributed by atoms with Gasteiger partial charge in [0, 0.05) is 16.4 Å². The minimum Gasteiger partial charge on any atom is -0.478 e. The second kappa shape index (κ2) is 9.34. The Morgan fingerprint density at radius 1 is 1.06 bits per heavy atom. The van der Waals surface area contributed by atoms with E-state index in [0.29, 0.717) is 21.7 Å². The van der Waals surface area contributed by atoms with Gasteiger partial charge >= 0.3 is 5.97 Å². The molecule has 2 aromatic carbocycles. The number of nitrogens with one attached hydrogen (secondary N) is 1. The molecular weight excluding hydrogens is 456 g/mol. The van der Waals surface area contributed by atoms with Crippen LogP contribution in [0.3, 0.4) is 0 Å². The highest BCUT2D eigenvalue weighted by atomic mass is 35.5. The number of halogens is 1. The van der Waals surface area contributed by atoms with Crippen molar-refractivity contribution < 1.29 is 14.7 Å². The number of carboxylic acids is 1. The molecule has 10 heteroatoms. The first-order valence-electron chi connectivity index (χ1n) is 9.02. The predicted molar refractivity (Wildman–Crippen MR) is 122 cm³/mol. The van der Waals surface area contributed by atoms with E-state index in [4.69, 9.17) is 16.7 Å². The van der Waals surface area contributed by atoms with E-state index in [0.717, 1.165) is 10.6 Å². The zero-order valence-corrected chi connectivity index (χ0v) is 18.2. The van der Waals surface area contributed by atoms with Crippen LogP contribution in [0.25, 0.3) is 16.4 Å². The molecular formula is C21H15ClN4O3S2. The van der Waals surface area contributed by atoms with Gasteiger partial charge < -0.3 is 10.4 Å². The summed E-state index contributed by atoms with van der Waals surface area (Å²) in [5.41, 5.74) is 1.52. The normalized spacial score (nSPS) is 10.7. The molecule has 0 unspecified atom stereocenters. The lowest BCUT2D eigenvalue weighted by atomic mass is 10.2. The standard InChI is InChI=1S/C21H15ClN4O3S2/c22-14-5-9-16(10-6-14)26-19(17-2-1-11-30-17)24-25-21(26)31-12-18(27)23-15-7-3-13(4-8-15)20(28)29/h1-11H,12H2,(H,23,27)(H,28,29). The molecule has 0 saturated heterocycles. The first-order chi connectivity index (χ1) is 15.0. The van der Waals surface area contributed by atoms with Crippen LogP contribution in [-0.2, 0) is 4.79 Å². The van der Waals surface area contributed by atoms with Gasteiger partial charge in [0.25, 0.3) is 0 Å². The zero-order chi connectivity index (χ0) is 21.8. The molecule has 0 aliphatic heterocycles. The number of thiophene rings is 1. The van der Waals surface area contributed by atoms with Gasteiger partial charge in [-0.25, -0.2) is 4.79 Å². The number of carbonyl (C=O) groups is 2. The van der Waals surface area contributed by atoms with Crippen molar-refractivity contribution in [2.24, 2.45) is 0 Å². The molecule has 156 valence electrons. The Bertz CT molecular complexity index is 1210. The Labute approximate surface area is 190 Å². The number of aromatic carboxylic acids is 1. The molecule has 4 aromatic rings. The van der Waals surface area contributed by atoms with E-state index in [1.165, 1.54) is 23.9 Å². The van der Waals surface area contributed by atoms with Crippen molar-refractivity contribution in [1.29, 1.82) is 0 Å². The number of anilines is 1. The fraction of sp³-hybridized carbons (Fsp3) is 0.0476. The van der Waals surface area contributed by atoms with E-state index in [2.05, 4.69) is 15.5 Å². The molecule has 0 fully saturated rings. The highest BCUT2D eigenvalue weighted by molar-refractivity contribution is 7.99. The third kappa shape index (κ3) is 4.96. The van der Waals surface area contributed by atoms with Crippen LogP contribution in [0.2, 0.25) is 5.02 Å². The molecule has 31 heavy (non-hydrogen) atoms. The Kier molecular flexibility index (Phi) is 6.36. The van der Waals surface area contributed by atoms with Gasteiger partial charge in [-0.1, -0.05) is 29.4 Å². The van der Waals surface area contributed by atoms with E-state index in [-0.39, 0.29) is 17.2 Å². The van der Waals surface area contributed by atoms with Gasteiger partial charge in [-0.05, 0) is 60.0 Å². The average molecular weight is 471 g/mol. The van der Waals surface area contributed by atoms with Crippen LogP contribution in [0.4, 0.5) is 5.69 Å². The Morgan fingerprint density at radius 3 is 2.45 bits per heavy atom. The molecule has 0 bridgehead atoms. The molecule has 0 saturated carbocycles. The van der Waals surface area contributed by atoms with Gasteiger partial charge in [0.1, 0.15) is 0 Å². The number of aromatic nitrogens is 3. The number of benzene rings is 2. The van der Waals surface area contributed by atoms with Crippen molar-refractivity contribution >= 4 is 52.3 Å². The first kappa shape index (κ1) is 21.1. The quantitative estimate of drug-likeness (QED) is 0.366. The van der Waals surface area contributed by atoms with Crippen molar-refractivity contribution in [1.82, 2.24) is 14.8 Å². The molecule has 0 aliphatic rings. The monoisotopic (exact) mass is 470 g/mol. The topological polar surface area (TPSA) is 97.1 Å². The van der Waals surface area contributed by atoms with Gasteiger partial charge in [0.05, 0.1) is 16.2 Å². The van der Waals surface area contributed by atoms with Crippen molar-refractivity contribution in [3.63, 3.8) is 0 Å². The fourth-order valence-electron chi connectivity index (χ4n) is 2.78. The molecule has 0 spiro atoms. The smallest absolute Gasteiger partial charge is 0.335 e. The van der Waals surface area contributed by atoms with Crippen molar-refractivity contribution in [3.05, 3.63) is 76.6 Å². The molecule has 2 N–H and O–H groups in total. The second-order valence-corrected chi connectivity index (χ2v) is 8.64. The average Bonchev–Trinajstić information content (AvgIpc) is 3.43. The van der Waals surface area contributed by atoms with Crippen LogP contribution in [-0.4, -0.2) is 37.5 Å². The van der Waals surface area contributed by atoms with E-state index >= 15 is 0 Å². The lowest BCUT2D eigenvalue weighted by molar-refractivity contribution is -0.113. The number of hydrogen-bond donors (Lipinski definition) is 2. The maximum absolute atomic E-state index is 12.4. The van der Waals surface area contributed by atoms with Crippen LogP contribution in [0.1, 0.15) is 10.4 Å². The first-order valence-corrected chi connectivity index (χ1v) is 11.3. The number of thioether (sulfide) groups is 1. The van der Waals surface area contributed by atoms with Crippen molar-refractivity contribution in [3.8, 4) is 16.4 Å². The summed E-state index contributed by atoms with van der Waals surface area (Å²) in [6.45, 7) is 0. The van der Waals surface area contributed by atoms with E-state index in [9.17, 15) is 9.59 Å². The van der Waals surface area contributed by atoms with Gasteiger partial charge in [-0.15, -0.1) is 21.5 Å². The number of carbonyl (C=O) groups excluding carboxylic acids is 1. The van der Waals surface area contributed by atoms with Crippen LogP contribution in [0, 0.1) is 0 Å². The van der Waals surface area contributed by atoms with Gasteiger partial charge in [0.2, 0.25) is 5.91 Å². The molecule has 1 amide bonds. The van der Waals surface area contributed by atoms with Gasteiger partial charge in [-0.2, -0.15) is 0 Å². The Hall–Kier alpha value is -3.14. The molecule has 0 aliphatic carbocycles. The number of rotatable bonds is 7. The Morgan fingerprint density at radius 2 is 1.81 bits per heavy atom. The second-order valence-electron chi connectivity index (χ2n) is 6.31. The lowest BCUT2D eigenvalue weighted by Gasteiger charge is -2.10. The number of hydrogen-bond acceptors (Lipinski definition) is 6. The maximum Gasteiger partial charge on any atom is 0.335 e. The molecule has 4 rings (SSSR count). The predicted octanol–water partition coefficient (Wildman–Crippen LogP) is 5.08. The molecule has 0 radical (unpaired) electrons. The summed E-state index contributed by atoms with van der Waals surface area (Å²) in [7, 11) is 0. The summed E-state index contributed by atoms with van der Waals surface area (Å²) in [6.07, 6.45) is 0. The summed E-state index contributed by atoms with van der Waals surface area (Å²) in [5, 5.41) is 23.5. The van der Waals surface area contributed by atoms with E-state index in [1.807, 2.05) is 34.2 Å². The maximum atomic E-state index is 12.4. The summed E-state index contributed by atoms with van der Waals surface area (Å²) in [4.78, 5) is 24.3. The molecule has 0 atom stereocenters. The minimum absolute atomic E-state index is 0.108. The highest BCUT2D eigenvalue weighted by Crippen LogP contribution is 2.31. The van der Waals surface area contributed by atoms with Crippen LogP contribution >= 0.6 is 34.7 Å². The van der Waals surface area contributed by atoms with Gasteiger partial charge in [0.15, 0.2) is 11.0 Å². The number of nitrogens with zero attached hydrogens (tertiary/aromatic N) is 3. The molecule has 2 aromatic heterocycles. The van der Waals surface area contributed by atoms with Crippen LogP contribution < -0.4 is 5.32 Å². The zero-order valence-electron chi connectivity index (χ0n) is 15.9. The van der Waals surface area contributed by atoms with E-state index in [1.54, 1.807) is 35.6 Å². The van der Waals surface area contributed by atoms with Crippen LogP contribution in [0.5, 0.6) is 0 Å². The summed E-state index contributed by atoms with van der Waals surface area (Å²) < 4.78 is 1.89. The van der Waals surface area contributed by atoms with Crippen LogP contribution in [0.15, 0.2) is 71.2 Å². The minimum atomic E-state index is -1.02. The number of carboxylic acid groups (broad SMARTS) is 1. The Balaban J connectivity index is 1.52. The molecule has 7 nitrogen and oxygen atoms in total. The van der Waals surface area contributed by atoms with E-state index < -0.39 is 5.97 Å². The summed E-state index contributed by atoms with van der Waals surface area (Å²) >= 11 is 8.84. The number of amides is 1. The lowest BCUT2D eigenvalue weighted by Crippen LogP contribution is -2.14. The third-order valence-corrected chi connectivity index (χ3v) is 6.25. The summed E-state index contributed by atoms with van der Waals surface area (Å²) in [6, 6.07) is 17.2. The fourth-order valence-corrected chi connectivity index (χ4v) is 4.35. The van der Waals surface area contributed by atoms with Crippen molar-refractivity contribution in [2.75, 3.05) is 11.1 Å². The molecule has 2 heterocycles.